The molecule has 0 N–H and O–H groups in total. The number of halogens is 1. The van der Waals surface area contributed by atoms with Crippen LogP contribution in [0.3, 0.4) is 0 Å². The average molecular weight is 313 g/mol. The van der Waals surface area contributed by atoms with Gasteiger partial charge in [-0.3, -0.25) is 0 Å². The van der Waals surface area contributed by atoms with Crippen molar-refractivity contribution in [3.8, 4) is 5.75 Å². The molecule has 0 atom stereocenters. The van der Waals surface area contributed by atoms with Crippen LogP contribution in [0, 0.1) is 0 Å². The minimum atomic E-state index is -0.0532. The molecule has 0 saturated carbocycles. The van der Waals surface area contributed by atoms with Crippen molar-refractivity contribution < 1.29 is 4.74 Å². The summed E-state index contributed by atoms with van der Waals surface area (Å²) < 4.78 is 9.16. The van der Waals surface area contributed by atoms with Crippen molar-refractivity contribution in [1.82, 2.24) is 3.15 Å². The van der Waals surface area contributed by atoms with Gasteiger partial charge in [-0.2, -0.15) is 0 Å². The molecule has 0 unspecified atom stereocenters. The average Bonchev–Trinajstić information content (AvgIpc) is 2.43. The van der Waals surface area contributed by atoms with E-state index in [0.29, 0.717) is 0 Å². The van der Waals surface area contributed by atoms with Gasteiger partial charge in [-0.1, -0.05) is 0 Å². The fourth-order valence-electron chi connectivity index (χ4n) is 1.34. The van der Waals surface area contributed by atoms with E-state index in [1.54, 1.807) is 10.7 Å². The largest absolute Gasteiger partial charge is 0.147 e. The number of methoxy groups -OCH3 is 1. The van der Waals surface area contributed by atoms with Gasteiger partial charge in [0.1, 0.15) is 0 Å². The van der Waals surface area contributed by atoms with Crippen molar-refractivity contribution >= 4 is 37.2 Å². The molecule has 1 aromatic rings. The summed E-state index contributed by atoms with van der Waals surface area (Å²) >= 11 is -0.0532. The van der Waals surface area contributed by atoms with Gasteiger partial charge in [0, 0.05) is 0 Å². The second kappa shape index (κ2) is 4.52. The third-order valence-corrected chi connectivity index (χ3v) is 4.87. The molecule has 0 fully saturated rings. The van der Waals surface area contributed by atoms with Crippen molar-refractivity contribution in [3.05, 3.63) is 23.8 Å². The second-order valence-electron chi connectivity index (χ2n) is 2.85. The Morgan fingerprint density at radius 3 is 2.92 bits per heavy atom. The monoisotopic (exact) mass is 315 g/mol. The molecule has 2 nitrogen and oxygen atoms in total. The predicted octanol–water partition coefficient (Wildman–Crippen LogP) is 0.807. The summed E-state index contributed by atoms with van der Waals surface area (Å²) in [6.45, 7) is 1.11. The number of hydrogen-bond donors (Lipinski definition) is 0. The molecule has 2 rings (SSSR count). The van der Waals surface area contributed by atoms with Crippen LogP contribution >= 0.6 is 12.4 Å². The summed E-state index contributed by atoms with van der Waals surface area (Å²) in [5.41, 5.74) is 1.46. The van der Waals surface area contributed by atoms with Gasteiger partial charge in [0.2, 0.25) is 0 Å². The first-order valence-corrected chi connectivity index (χ1v) is 6.06. The summed E-state index contributed by atoms with van der Waals surface area (Å²) in [4.78, 5) is 0. The topological polar surface area (TPSA) is 12.5 Å². The van der Waals surface area contributed by atoms with E-state index in [2.05, 4.69) is 28.4 Å². The molecule has 1 aliphatic heterocycles. The molecule has 13 heavy (non-hydrogen) atoms. The van der Waals surface area contributed by atoms with Crippen LogP contribution < -0.4 is 8.35 Å². The number of benzene rings is 1. The maximum Gasteiger partial charge on any atom is -0.147 e. The molecule has 0 radical (unpaired) electrons. The smallest absolute Gasteiger partial charge is 0.147 e. The molecule has 0 amide bonds. The van der Waals surface area contributed by atoms with E-state index in [9.17, 15) is 0 Å². The first-order chi connectivity index (χ1) is 5.79. The fraction of sp³-hybridized carbons (Fsp3) is 0.333. The Morgan fingerprint density at radius 2 is 2.23 bits per heavy atom. The van der Waals surface area contributed by atoms with Gasteiger partial charge in [-0.25, -0.2) is 0 Å². The van der Waals surface area contributed by atoms with Crippen LogP contribution in [0.25, 0.3) is 0 Å². The van der Waals surface area contributed by atoms with Gasteiger partial charge >= 0.3 is 82.9 Å². The molecule has 0 saturated heterocycles. The van der Waals surface area contributed by atoms with Crippen molar-refractivity contribution in [1.29, 1.82) is 0 Å². The standard InChI is InChI=1S/C9H11NOTe.ClH/c1-10-6-7-5-8(11-2)3-4-9(7)12-10;/h3-5H,6H2,1-2H3;1H. The van der Waals surface area contributed by atoms with Gasteiger partial charge in [0.15, 0.2) is 0 Å². The van der Waals surface area contributed by atoms with E-state index in [0.717, 1.165) is 12.3 Å². The Hall–Kier alpha value is 0.0596. The van der Waals surface area contributed by atoms with Crippen LogP contribution in [0.4, 0.5) is 0 Å². The van der Waals surface area contributed by atoms with Crippen LogP contribution in [-0.2, 0) is 6.54 Å². The Labute approximate surface area is 95.1 Å². The SMILES string of the molecule is COc1ccc2c(c1)CN(C)[Te]2.Cl. The minimum Gasteiger partial charge on any atom is -0.147 e. The van der Waals surface area contributed by atoms with E-state index in [1.807, 2.05) is 0 Å². The van der Waals surface area contributed by atoms with Crippen LogP contribution in [-0.4, -0.2) is 38.5 Å². The van der Waals surface area contributed by atoms with Crippen LogP contribution in [0.1, 0.15) is 5.56 Å². The minimum absolute atomic E-state index is 0. The molecule has 0 bridgehead atoms. The fourth-order valence-corrected chi connectivity index (χ4v) is 3.93. The number of fused-ring (bicyclic) bond motifs is 1. The van der Waals surface area contributed by atoms with Gasteiger partial charge in [0.25, 0.3) is 0 Å². The maximum atomic E-state index is 5.17. The summed E-state index contributed by atoms with van der Waals surface area (Å²) in [5, 5.41) is 0. The summed E-state index contributed by atoms with van der Waals surface area (Å²) in [6, 6.07) is 6.42. The Balaban J connectivity index is 0.000000845. The van der Waals surface area contributed by atoms with Gasteiger partial charge in [0.05, 0.1) is 0 Å². The zero-order chi connectivity index (χ0) is 8.55. The van der Waals surface area contributed by atoms with E-state index in [4.69, 9.17) is 4.74 Å². The van der Waals surface area contributed by atoms with Crippen LogP contribution in [0.15, 0.2) is 18.2 Å². The summed E-state index contributed by atoms with van der Waals surface area (Å²) in [5.74, 6) is 0.983. The third-order valence-electron chi connectivity index (χ3n) is 1.91. The number of rotatable bonds is 1. The molecule has 0 aromatic heterocycles. The Kier molecular flexibility index (Phi) is 3.87. The molecule has 1 aliphatic rings. The number of ether oxygens (including phenoxy) is 1. The van der Waals surface area contributed by atoms with Crippen molar-refractivity contribution in [2.75, 3.05) is 14.2 Å². The molecular weight excluding hydrogens is 301 g/mol. The van der Waals surface area contributed by atoms with E-state index >= 15 is 0 Å². The summed E-state index contributed by atoms with van der Waals surface area (Å²) in [6.07, 6.45) is 0. The summed E-state index contributed by atoms with van der Waals surface area (Å²) in [7, 11) is 3.91. The van der Waals surface area contributed by atoms with Gasteiger partial charge < -0.3 is 0 Å². The molecule has 1 aromatic carbocycles. The second-order valence-corrected chi connectivity index (χ2v) is 6.41. The van der Waals surface area contributed by atoms with Crippen LogP contribution in [0.2, 0.25) is 0 Å². The Morgan fingerprint density at radius 1 is 1.46 bits per heavy atom. The maximum absolute atomic E-state index is 5.17. The van der Waals surface area contributed by atoms with E-state index in [-0.39, 0.29) is 33.6 Å². The quantitative estimate of drug-likeness (QED) is 0.712. The van der Waals surface area contributed by atoms with Crippen molar-refractivity contribution in [2.45, 2.75) is 6.54 Å². The molecule has 0 aliphatic carbocycles. The first-order valence-electron chi connectivity index (χ1n) is 3.85. The van der Waals surface area contributed by atoms with Crippen molar-refractivity contribution in [2.24, 2.45) is 0 Å². The molecule has 0 spiro atoms. The molecular formula is C9H12ClNOTe. The normalized spacial score (nSPS) is 14.9. The van der Waals surface area contributed by atoms with Gasteiger partial charge in [-0.15, -0.1) is 12.4 Å². The molecule has 4 heteroatoms. The van der Waals surface area contributed by atoms with E-state index in [1.165, 1.54) is 5.56 Å². The third kappa shape index (κ3) is 2.30. The first kappa shape index (κ1) is 11.1. The van der Waals surface area contributed by atoms with E-state index < -0.39 is 0 Å². The number of nitrogens with zero attached hydrogens (tertiary/aromatic N) is 1. The molecule has 72 valence electrons. The Bertz CT molecular complexity index is 306. The van der Waals surface area contributed by atoms with Crippen LogP contribution in [0.5, 0.6) is 5.75 Å². The molecule has 1 heterocycles. The zero-order valence-electron chi connectivity index (χ0n) is 7.61. The predicted molar refractivity (Wildman–Crippen MR) is 57.1 cm³/mol. The number of hydrogen-bond acceptors (Lipinski definition) is 2. The van der Waals surface area contributed by atoms with Crippen molar-refractivity contribution in [3.63, 3.8) is 0 Å². The van der Waals surface area contributed by atoms with Gasteiger partial charge in [-0.05, 0) is 0 Å². The zero-order valence-corrected chi connectivity index (χ0v) is 10.8.